The molecule has 10 heteroatoms. The Kier molecular flexibility index (Phi) is 5.24. The van der Waals surface area contributed by atoms with Crippen LogP contribution in [0.2, 0.25) is 0 Å². The van der Waals surface area contributed by atoms with Crippen LogP contribution in [0, 0.1) is 18.6 Å². The van der Waals surface area contributed by atoms with Crippen molar-refractivity contribution in [1.82, 2.24) is 24.6 Å². The molecule has 164 valence electrons. The normalized spacial score (nSPS) is 17.6. The standard InChI is InChI=1S/C21H23F2N7O.H2/c1-14-6-17(29-11-19(12-29)28-2-4-31-5-3-28)10-20(25-14)26-21-24-13-30(27-21)18-8-15(22)7-16(23)9-18;/h6-10,13,19H,2-5,11-12H2,1H3,(H,25,26,27);1H. The zero-order valence-electron chi connectivity index (χ0n) is 17.1. The van der Waals surface area contributed by atoms with Crippen LogP contribution in [0.5, 0.6) is 0 Å². The highest BCUT2D eigenvalue weighted by atomic mass is 19.1. The minimum absolute atomic E-state index is 0. The maximum atomic E-state index is 13.5. The fourth-order valence-electron chi connectivity index (χ4n) is 3.97. The van der Waals surface area contributed by atoms with Gasteiger partial charge in [-0.3, -0.25) is 4.90 Å². The van der Waals surface area contributed by atoms with Gasteiger partial charge in [0.1, 0.15) is 23.8 Å². The number of nitrogens with zero attached hydrogens (tertiary/aromatic N) is 6. The van der Waals surface area contributed by atoms with Crippen molar-refractivity contribution in [3.8, 4) is 5.69 Å². The number of hydrogen-bond acceptors (Lipinski definition) is 7. The molecule has 2 aliphatic rings. The molecule has 0 radical (unpaired) electrons. The van der Waals surface area contributed by atoms with Gasteiger partial charge in [-0.1, -0.05) is 0 Å². The summed E-state index contributed by atoms with van der Waals surface area (Å²) >= 11 is 0. The van der Waals surface area contributed by atoms with E-state index in [1.165, 1.54) is 23.1 Å². The first-order chi connectivity index (χ1) is 15.0. The van der Waals surface area contributed by atoms with Crippen LogP contribution in [0.3, 0.4) is 0 Å². The molecule has 4 heterocycles. The van der Waals surface area contributed by atoms with Crippen LogP contribution in [-0.2, 0) is 4.74 Å². The van der Waals surface area contributed by atoms with Gasteiger partial charge in [0, 0.05) is 57.2 Å². The molecule has 2 aliphatic heterocycles. The summed E-state index contributed by atoms with van der Waals surface area (Å²) in [5.41, 5.74) is 2.22. The average Bonchev–Trinajstić information content (AvgIpc) is 3.15. The summed E-state index contributed by atoms with van der Waals surface area (Å²) in [4.78, 5) is 13.5. The fraction of sp³-hybridized carbons (Fsp3) is 0.381. The van der Waals surface area contributed by atoms with E-state index in [0.29, 0.717) is 17.8 Å². The van der Waals surface area contributed by atoms with E-state index in [1.807, 2.05) is 13.0 Å². The monoisotopic (exact) mass is 429 g/mol. The molecule has 0 saturated carbocycles. The number of pyridine rings is 1. The molecule has 8 nitrogen and oxygen atoms in total. The lowest BCUT2D eigenvalue weighted by molar-refractivity contribution is 0.0105. The van der Waals surface area contributed by atoms with Gasteiger partial charge in [0.15, 0.2) is 0 Å². The van der Waals surface area contributed by atoms with Gasteiger partial charge in [-0.25, -0.2) is 18.4 Å². The zero-order valence-corrected chi connectivity index (χ0v) is 17.1. The number of halogens is 2. The van der Waals surface area contributed by atoms with Crippen molar-refractivity contribution in [2.75, 3.05) is 49.6 Å². The summed E-state index contributed by atoms with van der Waals surface area (Å²) in [6.07, 6.45) is 1.40. The molecule has 2 fully saturated rings. The molecule has 1 N–H and O–H groups in total. The maximum Gasteiger partial charge on any atom is 0.248 e. The highest BCUT2D eigenvalue weighted by Gasteiger charge is 2.33. The molecule has 2 aromatic heterocycles. The van der Waals surface area contributed by atoms with Gasteiger partial charge >= 0.3 is 0 Å². The lowest BCUT2D eigenvalue weighted by Crippen LogP contribution is -2.61. The lowest BCUT2D eigenvalue weighted by Gasteiger charge is -2.47. The number of nitrogens with one attached hydrogen (secondary N) is 1. The van der Waals surface area contributed by atoms with Crippen molar-refractivity contribution in [1.29, 1.82) is 0 Å². The Morgan fingerprint density at radius 3 is 2.52 bits per heavy atom. The molecular formula is C21H25F2N7O. The Labute approximate surface area is 179 Å². The number of hydrogen-bond donors (Lipinski definition) is 1. The highest BCUT2D eigenvalue weighted by Crippen LogP contribution is 2.27. The first-order valence-electron chi connectivity index (χ1n) is 10.2. The maximum absolute atomic E-state index is 13.5. The zero-order chi connectivity index (χ0) is 21.4. The molecule has 1 aromatic carbocycles. The van der Waals surface area contributed by atoms with Crippen molar-refractivity contribution in [2.24, 2.45) is 0 Å². The van der Waals surface area contributed by atoms with E-state index >= 15 is 0 Å². The van der Waals surface area contributed by atoms with Crippen molar-refractivity contribution in [2.45, 2.75) is 13.0 Å². The highest BCUT2D eigenvalue weighted by molar-refractivity contribution is 5.60. The summed E-state index contributed by atoms with van der Waals surface area (Å²) < 4.78 is 33.7. The molecule has 3 aromatic rings. The number of aryl methyl sites for hydroxylation is 1. The van der Waals surface area contributed by atoms with Crippen molar-refractivity contribution in [3.05, 3.63) is 54.0 Å². The third-order valence-corrected chi connectivity index (χ3v) is 5.57. The number of anilines is 3. The Hall–Kier alpha value is -3.11. The number of benzene rings is 1. The summed E-state index contributed by atoms with van der Waals surface area (Å²) in [6.45, 7) is 7.48. The average molecular weight is 429 g/mol. The molecule has 0 aliphatic carbocycles. The third kappa shape index (κ3) is 4.35. The first kappa shape index (κ1) is 19.8. The molecule has 31 heavy (non-hydrogen) atoms. The van der Waals surface area contributed by atoms with Gasteiger partial charge in [-0.15, -0.1) is 5.10 Å². The number of rotatable bonds is 5. The Morgan fingerprint density at radius 1 is 1.03 bits per heavy atom. The van der Waals surface area contributed by atoms with Gasteiger partial charge in [0.05, 0.1) is 18.9 Å². The predicted molar refractivity (Wildman–Crippen MR) is 114 cm³/mol. The molecule has 2 saturated heterocycles. The van der Waals surface area contributed by atoms with Crippen molar-refractivity contribution in [3.63, 3.8) is 0 Å². The summed E-state index contributed by atoms with van der Waals surface area (Å²) in [6, 6.07) is 7.78. The second-order valence-electron chi connectivity index (χ2n) is 7.82. The molecule has 0 amide bonds. The minimum atomic E-state index is -0.671. The molecule has 0 spiro atoms. The summed E-state index contributed by atoms with van der Waals surface area (Å²) in [5.74, 6) is -0.429. The number of ether oxygens (including phenoxy) is 1. The van der Waals surface area contributed by atoms with Gasteiger partial charge in [-0.2, -0.15) is 4.98 Å². The molecular weight excluding hydrogens is 404 g/mol. The Balaban J connectivity index is 0.00000245. The Morgan fingerprint density at radius 2 is 1.77 bits per heavy atom. The number of aromatic nitrogens is 4. The lowest BCUT2D eigenvalue weighted by atomic mass is 10.1. The van der Waals surface area contributed by atoms with Crippen LogP contribution >= 0.6 is 0 Å². The molecule has 0 atom stereocenters. The SMILES string of the molecule is Cc1cc(N2CC(N3CCOCC3)C2)cc(Nc2ncn(-c3cc(F)cc(F)c3)n2)n1.[HH]. The minimum Gasteiger partial charge on any atom is -0.379 e. The summed E-state index contributed by atoms with van der Waals surface area (Å²) in [7, 11) is 0. The fourth-order valence-corrected chi connectivity index (χ4v) is 3.97. The topological polar surface area (TPSA) is 71.3 Å². The van der Waals surface area contributed by atoms with Crippen LogP contribution in [0.1, 0.15) is 7.12 Å². The van der Waals surface area contributed by atoms with Crippen LogP contribution in [0.25, 0.3) is 5.69 Å². The second kappa shape index (κ2) is 8.20. The van der Waals surface area contributed by atoms with E-state index in [2.05, 4.69) is 36.2 Å². The molecule has 5 rings (SSSR count). The van der Waals surface area contributed by atoms with Gasteiger partial charge in [-0.05, 0) is 25.1 Å². The van der Waals surface area contributed by atoms with E-state index in [-0.39, 0.29) is 7.11 Å². The van der Waals surface area contributed by atoms with Crippen LogP contribution in [0.4, 0.5) is 26.2 Å². The van der Waals surface area contributed by atoms with Gasteiger partial charge in [0.2, 0.25) is 5.95 Å². The second-order valence-corrected chi connectivity index (χ2v) is 7.82. The van der Waals surface area contributed by atoms with Gasteiger partial charge in [0.25, 0.3) is 0 Å². The quantitative estimate of drug-likeness (QED) is 0.669. The predicted octanol–water partition coefficient (Wildman–Crippen LogP) is 2.76. The largest absolute Gasteiger partial charge is 0.379 e. The smallest absolute Gasteiger partial charge is 0.248 e. The first-order valence-corrected chi connectivity index (χ1v) is 10.2. The third-order valence-electron chi connectivity index (χ3n) is 5.57. The molecule has 0 unspecified atom stereocenters. The van der Waals surface area contributed by atoms with E-state index in [4.69, 9.17) is 4.74 Å². The van der Waals surface area contributed by atoms with E-state index in [0.717, 1.165) is 56.8 Å². The van der Waals surface area contributed by atoms with Crippen molar-refractivity contribution < 1.29 is 14.9 Å². The van der Waals surface area contributed by atoms with Crippen molar-refractivity contribution >= 4 is 17.5 Å². The molecule has 0 bridgehead atoms. The van der Waals surface area contributed by atoms with Crippen LogP contribution in [-0.4, -0.2) is 70.1 Å². The van der Waals surface area contributed by atoms with E-state index < -0.39 is 11.6 Å². The van der Waals surface area contributed by atoms with Crippen LogP contribution < -0.4 is 10.2 Å². The van der Waals surface area contributed by atoms with Crippen LogP contribution in [0.15, 0.2) is 36.7 Å². The number of morpholine rings is 1. The van der Waals surface area contributed by atoms with E-state index in [9.17, 15) is 8.78 Å². The summed E-state index contributed by atoms with van der Waals surface area (Å²) in [5, 5.41) is 7.35. The van der Waals surface area contributed by atoms with Gasteiger partial charge < -0.3 is 15.0 Å². The van der Waals surface area contributed by atoms with E-state index in [1.54, 1.807) is 0 Å². The Bertz CT molecular complexity index is 1060.